The molecule has 2 aromatic heterocycles. The molecule has 1 aliphatic heterocycles. The third kappa shape index (κ3) is 2.86. The molecule has 1 amide bonds. The van der Waals surface area contributed by atoms with Crippen molar-refractivity contribution < 1.29 is 4.79 Å². The molecule has 21 heavy (non-hydrogen) atoms. The SMILES string of the molecule is CCn1ccc(C(=O)N2CCN(c3ncccn3)CC2)n1. The number of anilines is 1. The number of piperazine rings is 1. The Labute approximate surface area is 123 Å². The number of amides is 1. The lowest BCUT2D eigenvalue weighted by atomic mass is 10.3. The van der Waals surface area contributed by atoms with E-state index < -0.39 is 0 Å². The van der Waals surface area contributed by atoms with E-state index in [0.717, 1.165) is 25.6 Å². The summed E-state index contributed by atoms with van der Waals surface area (Å²) in [4.78, 5) is 24.8. The van der Waals surface area contributed by atoms with Crippen LogP contribution in [-0.2, 0) is 6.54 Å². The Morgan fingerprint density at radius 2 is 1.90 bits per heavy atom. The molecule has 2 aromatic rings. The molecular formula is C14H18N6O. The van der Waals surface area contributed by atoms with Crippen molar-refractivity contribution in [3.63, 3.8) is 0 Å². The van der Waals surface area contributed by atoms with Crippen LogP contribution in [0.1, 0.15) is 17.4 Å². The van der Waals surface area contributed by atoms with Gasteiger partial charge >= 0.3 is 0 Å². The van der Waals surface area contributed by atoms with E-state index in [0.29, 0.717) is 18.8 Å². The van der Waals surface area contributed by atoms with Crippen molar-refractivity contribution in [2.24, 2.45) is 0 Å². The topological polar surface area (TPSA) is 67.2 Å². The highest BCUT2D eigenvalue weighted by molar-refractivity contribution is 5.92. The number of rotatable bonds is 3. The Balaban J connectivity index is 1.61. The second-order valence-corrected chi connectivity index (χ2v) is 4.88. The minimum absolute atomic E-state index is 0.00386. The van der Waals surface area contributed by atoms with Gasteiger partial charge in [0.1, 0.15) is 5.69 Å². The van der Waals surface area contributed by atoms with Gasteiger partial charge in [-0.3, -0.25) is 9.48 Å². The van der Waals surface area contributed by atoms with E-state index >= 15 is 0 Å². The molecule has 7 nitrogen and oxygen atoms in total. The zero-order chi connectivity index (χ0) is 14.7. The maximum Gasteiger partial charge on any atom is 0.274 e. The minimum Gasteiger partial charge on any atom is -0.337 e. The van der Waals surface area contributed by atoms with E-state index in [1.165, 1.54) is 0 Å². The zero-order valence-corrected chi connectivity index (χ0v) is 12.0. The van der Waals surface area contributed by atoms with E-state index in [1.807, 2.05) is 18.0 Å². The second kappa shape index (κ2) is 5.90. The third-order valence-corrected chi connectivity index (χ3v) is 3.59. The van der Waals surface area contributed by atoms with Crippen LogP contribution in [0.25, 0.3) is 0 Å². The predicted molar refractivity (Wildman–Crippen MR) is 78.0 cm³/mol. The molecule has 0 saturated carbocycles. The lowest BCUT2D eigenvalue weighted by molar-refractivity contribution is 0.0739. The summed E-state index contributed by atoms with van der Waals surface area (Å²) in [5.74, 6) is 0.718. The van der Waals surface area contributed by atoms with Gasteiger partial charge < -0.3 is 9.80 Å². The number of nitrogens with zero attached hydrogens (tertiary/aromatic N) is 6. The van der Waals surface area contributed by atoms with Gasteiger partial charge in [-0.1, -0.05) is 0 Å². The van der Waals surface area contributed by atoms with Gasteiger partial charge in [0.15, 0.2) is 0 Å². The summed E-state index contributed by atoms with van der Waals surface area (Å²) in [6.07, 6.45) is 5.30. The molecule has 3 rings (SSSR count). The normalized spacial score (nSPS) is 15.3. The van der Waals surface area contributed by atoms with Gasteiger partial charge in [-0.2, -0.15) is 5.10 Å². The molecule has 0 atom stereocenters. The van der Waals surface area contributed by atoms with Crippen LogP contribution in [0.5, 0.6) is 0 Å². The van der Waals surface area contributed by atoms with Crippen LogP contribution < -0.4 is 4.90 Å². The summed E-state index contributed by atoms with van der Waals surface area (Å²) < 4.78 is 1.77. The highest BCUT2D eigenvalue weighted by atomic mass is 16.2. The molecule has 0 N–H and O–H groups in total. The van der Waals surface area contributed by atoms with Gasteiger partial charge in [0.25, 0.3) is 5.91 Å². The summed E-state index contributed by atoms with van der Waals surface area (Å²) in [7, 11) is 0. The van der Waals surface area contributed by atoms with Gasteiger partial charge in [0, 0.05) is 51.3 Å². The highest BCUT2D eigenvalue weighted by Gasteiger charge is 2.24. The van der Waals surface area contributed by atoms with Crippen molar-refractivity contribution in [2.45, 2.75) is 13.5 Å². The molecule has 1 saturated heterocycles. The van der Waals surface area contributed by atoms with E-state index in [4.69, 9.17) is 0 Å². The Hall–Kier alpha value is -2.44. The monoisotopic (exact) mass is 286 g/mol. The molecule has 3 heterocycles. The summed E-state index contributed by atoms with van der Waals surface area (Å²) in [6.45, 7) is 5.58. The maximum absolute atomic E-state index is 12.4. The number of carbonyl (C=O) groups excluding carboxylic acids is 1. The molecule has 110 valence electrons. The number of aromatic nitrogens is 4. The summed E-state index contributed by atoms with van der Waals surface area (Å²) in [5.41, 5.74) is 0.515. The molecule has 0 unspecified atom stereocenters. The molecule has 0 radical (unpaired) electrons. The lowest BCUT2D eigenvalue weighted by Crippen LogP contribution is -2.49. The molecule has 0 aliphatic carbocycles. The predicted octanol–water partition coefficient (Wildman–Crippen LogP) is 0.655. The van der Waals surface area contributed by atoms with Crippen LogP contribution in [0.2, 0.25) is 0 Å². The van der Waals surface area contributed by atoms with Crippen LogP contribution in [0, 0.1) is 0 Å². The second-order valence-electron chi connectivity index (χ2n) is 4.88. The average Bonchev–Trinajstić information content (AvgIpc) is 3.04. The van der Waals surface area contributed by atoms with Crippen molar-refractivity contribution in [2.75, 3.05) is 31.1 Å². The maximum atomic E-state index is 12.4. The fraction of sp³-hybridized carbons (Fsp3) is 0.429. The van der Waals surface area contributed by atoms with E-state index in [9.17, 15) is 4.79 Å². The largest absolute Gasteiger partial charge is 0.337 e. The molecule has 0 bridgehead atoms. The van der Waals surface area contributed by atoms with Crippen LogP contribution in [0.4, 0.5) is 5.95 Å². The van der Waals surface area contributed by atoms with Crippen molar-refractivity contribution in [1.82, 2.24) is 24.6 Å². The number of hydrogen-bond acceptors (Lipinski definition) is 5. The van der Waals surface area contributed by atoms with E-state index in [-0.39, 0.29) is 5.91 Å². The number of carbonyl (C=O) groups is 1. The minimum atomic E-state index is -0.00386. The first kappa shape index (κ1) is 13.5. The zero-order valence-electron chi connectivity index (χ0n) is 12.0. The molecular weight excluding hydrogens is 268 g/mol. The Morgan fingerprint density at radius 3 is 2.52 bits per heavy atom. The smallest absolute Gasteiger partial charge is 0.274 e. The van der Waals surface area contributed by atoms with Crippen LogP contribution in [0.3, 0.4) is 0 Å². The number of hydrogen-bond donors (Lipinski definition) is 0. The fourth-order valence-electron chi connectivity index (χ4n) is 2.38. The van der Waals surface area contributed by atoms with E-state index in [2.05, 4.69) is 20.0 Å². The molecule has 1 aliphatic rings. The molecule has 0 spiro atoms. The first-order chi connectivity index (χ1) is 10.3. The summed E-state index contributed by atoms with van der Waals surface area (Å²) >= 11 is 0. The first-order valence-corrected chi connectivity index (χ1v) is 7.12. The van der Waals surface area contributed by atoms with Crippen molar-refractivity contribution in [1.29, 1.82) is 0 Å². The van der Waals surface area contributed by atoms with Crippen LogP contribution in [-0.4, -0.2) is 56.7 Å². The van der Waals surface area contributed by atoms with Crippen molar-refractivity contribution >= 4 is 11.9 Å². The molecule has 7 heteroatoms. The van der Waals surface area contributed by atoms with Gasteiger partial charge in [0.05, 0.1) is 0 Å². The Bertz CT molecular complexity index is 603. The molecule has 0 aromatic carbocycles. The van der Waals surface area contributed by atoms with Crippen molar-refractivity contribution in [3.8, 4) is 0 Å². The van der Waals surface area contributed by atoms with E-state index in [1.54, 1.807) is 29.2 Å². The van der Waals surface area contributed by atoms with Gasteiger partial charge in [-0.25, -0.2) is 9.97 Å². The highest BCUT2D eigenvalue weighted by Crippen LogP contribution is 2.11. The Morgan fingerprint density at radius 1 is 1.19 bits per heavy atom. The fourth-order valence-corrected chi connectivity index (χ4v) is 2.38. The quantitative estimate of drug-likeness (QED) is 0.829. The third-order valence-electron chi connectivity index (χ3n) is 3.59. The Kier molecular flexibility index (Phi) is 3.81. The van der Waals surface area contributed by atoms with Crippen LogP contribution >= 0.6 is 0 Å². The summed E-state index contributed by atoms with van der Waals surface area (Å²) in [5, 5.41) is 4.27. The standard InChI is InChI=1S/C14H18N6O/c1-2-20-7-4-12(17-20)13(21)18-8-10-19(11-9-18)14-15-5-3-6-16-14/h3-7H,2,8-11H2,1H3. The van der Waals surface area contributed by atoms with Gasteiger partial charge in [-0.15, -0.1) is 0 Å². The molecule has 1 fully saturated rings. The summed E-state index contributed by atoms with van der Waals surface area (Å²) in [6, 6.07) is 3.58. The number of aryl methyl sites for hydroxylation is 1. The van der Waals surface area contributed by atoms with Gasteiger partial charge in [0.2, 0.25) is 5.95 Å². The lowest BCUT2D eigenvalue weighted by Gasteiger charge is -2.34. The average molecular weight is 286 g/mol. The first-order valence-electron chi connectivity index (χ1n) is 7.12. The van der Waals surface area contributed by atoms with Crippen LogP contribution in [0.15, 0.2) is 30.7 Å². The van der Waals surface area contributed by atoms with Crippen molar-refractivity contribution in [3.05, 3.63) is 36.4 Å². The van der Waals surface area contributed by atoms with Gasteiger partial charge in [-0.05, 0) is 19.1 Å².